The summed E-state index contributed by atoms with van der Waals surface area (Å²) < 4.78 is 31.3. The van der Waals surface area contributed by atoms with Crippen molar-refractivity contribution < 1.29 is 23.4 Å². The van der Waals surface area contributed by atoms with Crippen molar-refractivity contribution in [2.24, 2.45) is 4.99 Å². The summed E-state index contributed by atoms with van der Waals surface area (Å²) in [5.74, 6) is 0.736. The Morgan fingerprint density at radius 2 is 1.71 bits per heavy atom. The van der Waals surface area contributed by atoms with Crippen molar-refractivity contribution in [3.8, 4) is 33.9 Å². The van der Waals surface area contributed by atoms with Gasteiger partial charge in [0.25, 0.3) is 0 Å². The highest BCUT2D eigenvalue weighted by molar-refractivity contribution is 6.18. The van der Waals surface area contributed by atoms with E-state index >= 15 is 0 Å². The minimum absolute atomic E-state index is 0.249. The molecule has 5 rings (SSSR count). The second-order valence-corrected chi connectivity index (χ2v) is 8.85. The zero-order valence-corrected chi connectivity index (χ0v) is 21.5. The van der Waals surface area contributed by atoms with Gasteiger partial charge in [-0.05, 0) is 50.1 Å². The molecule has 0 radical (unpaired) electrons. The number of aromatic nitrogens is 1. The van der Waals surface area contributed by atoms with E-state index in [2.05, 4.69) is 4.99 Å². The third kappa shape index (κ3) is 5.52. The topological polar surface area (TPSA) is 70.0 Å². The van der Waals surface area contributed by atoms with E-state index < -0.39 is 0 Å². The number of halogens is 1. The molecule has 0 saturated carbocycles. The fourth-order valence-corrected chi connectivity index (χ4v) is 4.45. The second-order valence-electron chi connectivity index (χ2n) is 8.85. The fraction of sp³-hybridized carbons (Fsp3) is 0.258. The summed E-state index contributed by atoms with van der Waals surface area (Å²) in [6, 6.07) is 20.6. The molecule has 0 fully saturated rings. The van der Waals surface area contributed by atoms with Gasteiger partial charge in [-0.1, -0.05) is 42.5 Å². The van der Waals surface area contributed by atoms with Crippen LogP contribution >= 0.6 is 0 Å². The number of benzene rings is 3. The molecule has 0 aliphatic carbocycles. The number of fused-ring (bicyclic) bond motifs is 1. The molecule has 0 saturated heterocycles. The van der Waals surface area contributed by atoms with E-state index in [1.807, 2.05) is 55.5 Å². The number of nitrogens with zero attached hydrogens (tertiary/aromatic N) is 2. The maximum atomic E-state index is 14.3. The van der Waals surface area contributed by atoms with Crippen molar-refractivity contribution in [2.75, 3.05) is 26.4 Å². The number of para-hydroxylation sites is 1. The van der Waals surface area contributed by atoms with Crippen molar-refractivity contribution >= 4 is 22.6 Å². The first-order chi connectivity index (χ1) is 18.6. The van der Waals surface area contributed by atoms with Crippen LogP contribution in [0.3, 0.4) is 0 Å². The Hall–Kier alpha value is -4.26. The second kappa shape index (κ2) is 11.4. The molecule has 4 aromatic rings. The van der Waals surface area contributed by atoms with Crippen LogP contribution in [-0.4, -0.2) is 43.0 Å². The van der Waals surface area contributed by atoms with E-state index in [1.165, 1.54) is 12.1 Å². The molecule has 0 spiro atoms. The first-order valence-corrected chi connectivity index (χ1v) is 12.9. The quantitative estimate of drug-likeness (QED) is 0.167. The van der Waals surface area contributed by atoms with Crippen molar-refractivity contribution in [2.45, 2.75) is 26.7 Å². The van der Waals surface area contributed by atoms with Crippen LogP contribution in [-0.2, 0) is 9.53 Å². The van der Waals surface area contributed by atoms with Crippen LogP contribution in [0.4, 0.5) is 4.39 Å². The van der Waals surface area contributed by atoms with Crippen molar-refractivity contribution in [1.82, 2.24) is 4.98 Å². The average molecular weight is 513 g/mol. The van der Waals surface area contributed by atoms with E-state index in [0.29, 0.717) is 42.8 Å². The van der Waals surface area contributed by atoms with Crippen molar-refractivity contribution in [3.63, 3.8) is 0 Å². The highest BCUT2D eigenvalue weighted by atomic mass is 19.1. The van der Waals surface area contributed by atoms with Crippen LogP contribution in [0.2, 0.25) is 0 Å². The van der Waals surface area contributed by atoms with Gasteiger partial charge in [0.15, 0.2) is 0 Å². The number of aliphatic imine (C=N–C) groups is 1. The summed E-state index contributed by atoms with van der Waals surface area (Å²) in [6.45, 7) is 5.54. The fourth-order valence-electron chi connectivity index (χ4n) is 4.45. The maximum absolute atomic E-state index is 14.3. The van der Waals surface area contributed by atoms with Gasteiger partial charge in [-0.3, -0.25) is 9.79 Å². The lowest BCUT2D eigenvalue weighted by Gasteiger charge is -2.17. The maximum Gasteiger partial charge on any atom is 0.305 e. The van der Waals surface area contributed by atoms with Gasteiger partial charge >= 0.3 is 5.97 Å². The number of rotatable bonds is 11. The molecule has 2 heterocycles. The normalized spacial score (nSPS) is 12.2. The standard InChI is InChI=1S/C31H29FN2O4/c1-3-36-27-9-6-5-8-23(27)20-11-13-21(14-12-20)30-29(26-19-33-26)31(38-17-7-10-28(35)37-4-2)24-18-22(32)15-16-25(24)34-30/h5-6,8-9,11-16,18H,3-4,7,10,17,19H2,1-2H3. The van der Waals surface area contributed by atoms with E-state index in [1.54, 1.807) is 13.0 Å². The number of ether oxygens (including phenoxy) is 3. The van der Waals surface area contributed by atoms with Crippen LogP contribution in [0.1, 0.15) is 32.3 Å². The Labute approximate surface area is 221 Å². The van der Waals surface area contributed by atoms with Gasteiger partial charge in [-0.25, -0.2) is 9.37 Å². The predicted octanol–water partition coefficient (Wildman–Crippen LogP) is 6.63. The third-order valence-electron chi connectivity index (χ3n) is 6.24. The third-order valence-corrected chi connectivity index (χ3v) is 6.24. The smallest absolute Gasteiger partial charge is 0.305 e. The lowest BCUT2D eigenvalue weighted by Crippen LogP contribution is -2.09. The molecule has 3 aromatic carbocycles. The zero-order chi connectivity index (χ0) is 26.5. The minimum Gasteiger partial charge on any atom is -0.493 e. The molecule has 1 aromatic heterocycles. The number of carbonyl (C=O) groups excluding carboxylic acids is 1. The molecule has 0 unspecified atom stereocenters. The van der Waals surface area contributed by atoms with Gasteiger partial charge < -0.3 is 14.2 Å². The molecule has 38 heavy (non-hydrogen) atoms. The number of carbonyl (C=O) groups is 1. The van der Waals surface area contributed by atoms with E-state index in [4.69, 9.17) is 19.2 Å². The molecule has 1 aliphatic rings. The van der Waals surface area contributed by atoms with E-state index in [-0.39, 0.29) is 24.8 Å². The first kappa shape index (κ1) is 25.4. The monoisotopic (exact) mass is 512 g/mol. The zero-order valence-electron chi connectivity index (χ0n) is 21.5. The number of hydrogen-bond donors (Lipinski definition) is 0. The Bertz CT molecular complexity index is 1500. The van der Waals surface area contributed by atoms with Crippen LogP contribution < -0.4 is 9.47 Å². The van der Waals surface area contributed by atoms with Crippen LogP contribution in [0.15, 0.2) is 71.7 Å². The number of esters is 1. The van der Waals surface area contributed by atoms with E-state index in [9.17, 15) is 9.18 Å². The van der Waals surface area contributed by atoms with Gasteiger partial charge in [0.1, 0.15) is 17.3 Å². The largest absolute Gasteiger partial charge is 0.493 e. The summed E-state index contributed by atoms with van der Waals surface area (Å²) in [4.78, 5) is 21.1. The predicted molar refractivity (Wildman–Crippen MR) is 147 cm³/mol. The molecule has 6 nitrogen and oxygen atoms in total. The van der Waals surface area contributed by atoms with Gasteiger partial charge in [0.2, 0.25) is 0 Å². The minimum atomic E-state index is -0.371. The van der Waals surface area contributed by atoms with Gasteiger partial charge in [0.05, 0.1) is 48.9 Å². The Morgan fingerprint density at radius 3 is 2.45 bits per heavy atom. The number of hydrogen-bond acceptors (Lipinski definition) is 6. The summed E-state index contributed by atoms with van der Waals surface area (Å²) >= 11 is 0. The van der Waals surface area contributed by atoms with Crippen LogP contribution in [0.5, 0.6) is 11.5 Å². The molecule has 0 amide bonds. The van der Waals surface area contributed by atoms with Crippen LogP contribution in [0.25, 0.3) is 33.3 Å². The molecule has 0 N–H and O–H groups in total. The first-order valence-electron chi connectivity index (χ1n) is 12.9. The number of pyridine rings is 1. The molecule has 194 valence electrons. The molecular weight excluding hydrogens is 483 g/mol. The lowest BCUT2D eigenvalue weighted by molar-refractivity contribution is -0.143. The summed E-state index contributed by atoms with van der Waals surface area (Å²) in [5, 5.41) is 0.580. The Morgan fingerprint density at radius 1 is 0.947 bits per heavy atom. The SMILES string of the molecule is CCOC(=O)CCCOc1c(C2=NC2)c(-c2ccc(-c3ccccc3OCC)cc2)nc2ccc(F)cc12. The van der Waals surface area contributed by atoms with Gasteiger partial charge in [-0.15, -0.1) is 0 Å². The van der Waals surface area contributed by atoms with Gasteiger partial charge in [0, 0.05) is 22.9 Å². The van der Waals surface area contributed by atoms with Gasteiger partial charge in [-0.2, -0.15) is 0 Å². The molecule has 0 atom stereocenters. The van der Waals surface area contributed by atoms with E-state index in [0.717, 1.165) is 39.4 Å². The van der Waals surface area contributed by atoms with Crippen molar-refractivity contribution in [3.05, 3.63) is 78.1 Å². The highest BCUT2D eigenvalue weighted by Gasteiger charge is 2.27. The molecule has 7 heteroatoms. The summed E-state index contributed by atoms with van der Waals surface area (Å²) in [7, 11) is 0. The Balaban J connectivity index is 1.53. The Kier molecular flexibility index (Phi) is 7.63. The molecule has 0 bridgehead atoms. The highest BCUT2D eigenvalue weighted by Crippen LogP contribution is 2.39. The molecule has 1 aliphatic heterocycles. The molecular formula is C31H29FN2O4. The summed E-state index contributed by atoms with van der Waals surface area (Å²) in [5.41, 5.74) is 5.92. The lowest BCUT2D eigenvalue weighted by atomic mass is 9.97. The van der Waals surface area contributed by atoms with Crippen molar-refractivity contribution in [1.29, 1.82) is 0 Å². The average Bonchev–Trinajstić information content (AvgIpc) is 3.77. The summed E-state index contributed by atoms with van der Waals surface area (Å²) in [6.07, 6.45) is 0.728. The van der Waals surface area contributed by atoms with Crippen LogP contribution in [0, 0.1) is 5.82 Å².